The van der Waals surface area contributed by atoms with E-state index >= 15 is 0 Å². The predicted molar refractivity (Wildman–Crippen MR) is 115 cm³/mol. The van der Waals surface area contributed by atoms with E-state index in [9.17, 15) is 4.79 Å². The Bertz CT molecular complexity index is 978. The quantitative estimate of drug-likeness (QED) is 0.633. The number of hydrogen-bond donors (Lipinski definition) is 1. The van der Waals surface area contributed by atoms with Crippen molar-refractivity contribution in [2.75, 3.05) is 32.8 Å². The molecule has 0 radical (unpaired) electrons. The molecule has 1 atom stereocenters. The van der Waals surface area contributed by atoms with Crippen LogP contribution < -0.4 is 5.32 Å². The molecule has 2 aromatic heterocycles. The number of nitrogens with one attached hydrogen (secondary N) is 1. The van der Waals surface area contributed by atoms with E-state index in [0.29, 0.717) is 12.5 Å². The van der Waals surface area contributed by atoms with Gasteiger partial charge in [-0.3, -0.25) is 9.69 Å². The van der Waals surface area contributed by atoms with Gasteiger partial charge in [0.15, 0.2) is 0 Å². The Morgan fingerprint density at radius 3 is 2.67 bits per heavy atom. The van der Waals surface area contributed by atoms with Crippen molar-refractivity contribution in [1.82, 2.24) is 25.0 Å². The Kier molecular flexibility index (Phi) is 5.61. The fraction of sp³-hybridized carbons (Fsp3) is 0.409. The van der Waals surface area contributed by atoms with Gasteiger partial charge in [-0.15, -0.1) is 16.4 Å². The topological polar surface area (TPSA) is 72.3 Å². The maximum atomic E-state index is 13.0. The SMILES string of the molecule is O=C(NCC(c1cccs1)N1CCOCC1)c1nc(C2CC2)n(-c2ccccc2)n1. The highest BCUT2D eigenvalue weighted by Gasteiger charge is 2.32. The zero-order valence-corrected chi connectivity index (χ0v) is 17.6. The summed E-state index contributed by atoms with van der Waals surface area (Å²) in [6, 6.07) is 14.2. The summed E-state index contributed by atoms with van der Waals surface area (Å²) in [5.41, 5.74) is 0.940. The maximum absolute atomic E-state index is 13.0. The molecule has 1 N–H and O–H groups in total. The number of rotatable bonds is 7. The van der Waals surface area contributed by atoms with Gasteiger partial charge in [0, 0.05) is 30.4 Å². The van der Waals surface area contributed by atoms with Gasteiger partial charge in [0.2, 0.25) is 5.82 Å². The van der Waals surface area contributed by atoms with Crippen molar-refractivity contribution in [2.24, 2.45) is 0 Å². The summed E-state index contributed by atoms with van der Waals surface area (Å²) in [5.74, 6) is 1.30. The molecule has 0 spiro atoms. The number of hydrogen-bond acceptors (Lipinski definition) is 6. The highest BCUT2D eigenvalue weighted by Crippen LogP contribution is 2.39. The van der Waals surface area contributed by atoms with Gasteiger partial charge in [0.25, 0.3) is 5.91 Å². The third-order valence-electron chi connectivity index (χ3n) is 5.59. The van der Waals surface area contributed by atoms with E-state index in [1.165, 1.54) is 4.88 Å². The van der Waals surface area contributed by atoms with Crippen molar-refractivity contribution in [3.05, 3.63) is 64.4 Å². The van der Waals surface area contributed by atoms with Crippen LogP contribution in [0.25, 0.3) is 5.69 Å². The van der Waals surface area contributed by atoms with Crippen LogP contribution in [0.15, 0.2) is 47.8 Å². The molecule has 156 valence electrons. The molecule has 30 heavy (non-hydrogen) atoms. The van der Waals surface area contributed by atoms with Gasteiger partial charge in [-0.2, -0.15) is 0 Å². The lowest BCUT2D eigenvalue weighted by Crippen LogP contribution is -2.43. The zero-order chi connectivity index (χ0) is 20.3. The molecule has 7 nitrogen and oxygen atoms in total. The van der Waals surface area contributed by atoms with Crippen LogP contribution in [-0.4, -0.2) is 58.4 Å². The third kappa shape index (κ3) is 4.16. The summed E-state index contributed by atoms with van der Waals surface area (Å²) in [5, 5.41) is 9.72. The standard InChI is InChI=1S/C22H25N5O2S/c28-22(23-15-18(19-7-4-14-30-19)26-10-12-29-13-11-26)20-24-21(16-8-9-16)27(25-20)17-5-2-1-3-6-17/h1-7,14,16,18H,8-13,15H2,(H,23,28). The summed E-state index contributed by atoms with van der Waals surface area (Å²) < 4.78 is 7.32. The minimum atomic E-state index is -0.221. The minimum Gasteiger partial charge on any atom is -0.379 e. The molecular weight excluding hydrogens is 398 g/mol. The van der Waals surface area contributed by atoms with Crippen molar-refractivity contribution >= 4 is 17.2 Å². The smallest absolute Gasteiger partial charge is 0.291 e. The number of amides is 1. The molecule has 2 aliphatic rings. The molecule has 2 fully saturated rings. The Hall–Kier alpha value is -2.55. The Morgan fingerprint density at radius 1 is 1.17 bits per heavy atom. The summed E-state index contributed by atoms with van der Waals surface area (Å²) in [4.78, 5) is 21.2. The largest absolute Gasteiger partial charge is 0.379 e. The normalized spacial score (nSPS) is 18.3. The van der Waals surface area contributed by atoms with E-state index in [1.54, 1.807) is 11.3 Å². The first-order chi connectivity index (χ1) is 14.8. The van der Waals surface area contributed by atoms with Crippen molar-refractivity contribution in [2.45, 2.75) is 24.8 Å². The lowest BCUT2D eigenvalue weighted by atomic mass is 10.2. The number of benzene rings is 1. The molecule has 0 bridgehead atoms. The monoisotopic (exact) mass is 423 g/mol. The number of carbonyl (C=O) groups excluding carboxylic acids is 1. The van der Waals surface area contributed by atoms with Gasteiger partial charge in [0.1, 0.15) is 5.82 Å². The van der Waals surface area contributed by atoms with Crippen LogP contribution in [0.4, 0.5) is 0 Å². The highest BCUT2D eigenvalue weighted by atomic mass is 32.1. The van der Waals surface area contributed by atoms with E-state index < -0.39 is 0 Å². The van der Waals surface area contributed by atoms with Gasteiger partial charge in [-0.05, 0) is 36.4 Å². The van der Waals surface area contributed by atoms with E-state index in [4.69, 9.17) is 4.74 Å². The first-order valence-corrected chi connectivity index (χ1v) is 11.3. The van der Waals surface area contributed by atoms with Gasteiger partial charge in [-0.25, -0.2) is 9.67 Å². The van der Waals surface area contributed by atoms with Crippen LogP contribution in [-0.2, 0) is 4.74 Å². The molecule has 5 rings (SSSR count). The number of ether oxygens (including phenoxy) is 1. The lowest BCUT2D eigenvalue weighted by Gasteiger charge is -2.34. The fourth-order valence-electron chi connectivity index (χ4n) is 3.83. The number of carbonyl (C=O) groups is 1. The molecule has 1 saturated carbocycles. The Morgan fingerprint density at radius 2 is 1.97 bits per heavy atom. The number of para-hydroxylation sites is 1. The van der Waals surface area contributed by atoms with E-state index in [0.717, 1.165) is 50.7 Å². The molecule has 3 heterocycles. The number of morpholine rings is 1. The summed E-state index contributed by atoms with van der Waals surface area (Å²) in [6.07, 6.45) is 2.20. The fourth-order valence-corrected chi connectivity index (χ4v) is 4.69. The van der Waals surface area contributed by atoms with Crippen LogP contribution in [0, 0.1) is 0 Å². The van der Waals surface area contributed by atoms with Crippen molar-refractivity contribution in [3.63, 3.8) is 0 Å². The van der Waals surface area contributed by atoms with Crippen LogP contribution in [0.1, 0.15) is 46.1 Å². The molecule has 1 saturated heterocycles. The van der Waals surface area contributed by atoms with Gasteiger partial charge in [-0.1, -0.05) is 24.3 Å². The van der Waals surface area contributed by atoms with Crippen LogP contribution in [0.5, 0.6) is 0 Å². The summed E-state index contributed by atoms with van der Waals surface area (Å²) in [7, 11) is 0. The average molecular weight is 424 g/mol. The van der Waals surface area contributed by atoms with E-state index in [-0.39, 0.29) is 17.8 Å². The predicted octanol–water partition coefficient (Wildman–Crippen LogP) is 3.01. The number of aromatic nitrogens is 3. The minimum absolute atomic E-state index is 0.136. The maximum Gasteiger partial charge on any atom is 0.291 e. The second-order valence-corrected chi connectivity index (χ2v) is 8.68. The van der Waals surface area contributed by atoms with Crippen molar-refractivity contribution in [1.29, 1.82) is 0 Å². The average Bonchev–Trinajstić information content (AvgIpc) is 3.31. The van der Waals surface area contributed by atoms with Crippen molar-refractivity contribution in [3.8, 4) is 5.69 Å². The Labute approximate surface area is 179 Å². The zero-order valence-electron chi connectivity index (χ0n) is 16.7. The second kappa shape index (κ2) is 8.67. The Balaban J connectivity index is 1.33. The van der Waals surface area contributed by atoms with Gasteiger partial charge >= 0.3 is 0 Å². The highest BCUT2D eigenvalue weighted by molar-refractivity contribution is 7.10. The molecule has 1 aliphatic heterocycles. The molecule has 8 heteroatoms. The molecule has 1 amide bonds. The van der Waals surface area contributed by atoms with E-state index in [1.807, 2.05) is 35.0 Å². The summed E-state index contributed by atoms with van der Waals surface area (Å²) in [6.45, 7) is 3.71. The molecule has 1 aliphatic carbocycles. The van der Waals surface area contributed by atoms with Crippen LogP contribution >= 0.6 is 11.3 Å². The lowest BCUT2D eigenvalue weighted by molar-refractivity contribution is 0.0169. The second-order valence-electron chi connectivity index (χ2n) is 7.70. The van der Waals surface area contributed by atoms with E-state index in [2.05, 4.69) is 37.8 Å². The molecular formula is C22H25N5O2S. The van der Waals surface area contributed by atoms with Gasteiger partial charge in [0.05, 0.1) is 24.9 Å². The van der Waals surface area contributed by atoms with Gasteiger partial charge < -0.3 is 10.1 Å². The third-order valence-corrected chi connectivity index (χ3v) is 6.57. The van der Waals surface area contributed by atoms with Crippen LogP contribution in [0.3, 0.4) is 0 Å². The van der Waals surface area contributed by atoms with Crippen molar-refractivity contribution < 1.29 is 9.53 Å². The first kappa shape index (κ1) is 19.4. The molecule has 1 aromatic carbocycles. The molecule has 1 unspecified atom stereocenters. The number of nitrogens with zero attached hydrogens (tertiary/aromatic N) is 4. The molecule has 3 aromatic rings. The van der Waals surface area contributed by atoms with Crippen LogP contribution in [0.2, 0.25) is 0 Å². The number of thiophene rings is 1. The first-order valence-electron chi connectivity index (χ1n) is 10.5. The summed E-state index contributed by atoms with van der Waals surface area (Å²) >= 11 is 1.72.